The average molecular weight is 437 g/mol. The minimum Gasteiger partial charge on any atom is -0.300 e. The van der Waals surface area contributed by atoms with Crippen LogP contribution in [0.2, 0.25) is 0 Å². The molecule has 0 unspecified atom stereocenters. The van der Waals surface area contributed by atoms with E-state index in [4.69, 9.17) is 0 Å². The Morgan fingerprint density at radius 3 is 2.77 bits per heavy atom. The highest BCUT2D eigenvalue weighted by atomic mass is 19.4. The standard InChI is InChI=1S/C21H26F3N5O2/c1-14-10-15(2-6-27(14)9-5-21(22,23)24)11-16-3-8-29-17(12-16)18(13-25-29)28-7-4-19(30)26-20(28)31/h3,8,12-15H,2,4-7,9-11H2,1H3,(H,26,30,31)/t14-,15+/m0/s1. The van der Waals surface area contributed by atoms with Crippen LogP contribution in [0.4, 0.5) is 23.7 Å². The highest BCUT2D eigenvalue weighted by Crippen LogP contribution is 2.30. The molecule has 4 heterocycles. The van der Waals surface area contributed by atoms with E-state index in [2.05, 4.69) is 10.4 Å². The summed E-state index contributed by atoms with van der Waals surface area (Å²) in [6, 6.07) is 3.67. The molecule has 0 aromatic carbocycles. The molecule has 0 spiro atoms. The molecule has 31 heavy (non-hydrogen) atoms. The van der Waals surface area contributed by atoms with Crippen molar-refractivity contribution in [1.29, 1.82) is 0 Å². The molecule has 0 saturated carbocycles. The van der Waals surface area contributed by atoms with Crippen molar-refractivity contribution in [2.45, 2.75) is 51.2 Å². The first-order valence-corrected chi connectivity index (χ1v) is 10.6. The molecule has 2 saturated heterocycles. The van der Waals surface area contributed by atoms with Gasteiger partial charge in [-0.1, -0.05) is 0 Å². The highest BCUT2D eigenvalue weighted by Gasteiger charge is 2.32. The van der Waals surface area contributed by atoms with Gasteiger partial charge in [0.1, 0.15) is 0 Å². The number of pyridine rings is 1. The fourth-order valence-electron chi connectivity index (χ4n) is 4.58. The van der Waals surface area contributed by atoms with Gasteiger partial charge in [-0.2, -0.15) is 18.3 Å². The number of imide groups is 1. The molecule has 2 aliphatic rings. The summed E-state index contributed by atoms with van der Waals surface area (Å²) in [5, 5.41) is 6.64. The Morgan fingerprint density at radius 1 is 1.26 bits per heavy atom. The fourth-order valence-corrected chi connectivity index (χ4v) is 4.58. The number of hydrogen-bond acceptors (Lipinski definition) is 4. The number of likely N-dealkylation sites (tertiary alicyclic amines) is 1. The summed E-state index contributed by atoms with van der Waals surface area (Å²) in [6.07, 6.45) is 1.36. The maximum Gasteiger partial charge on any atom is 0.390 e. The Morgan fingerprint density at radius 2 is 2.06 bits per heavy atom. The predicted octanol–water partition coefficient (Wildman–Crippen LogP) is 3.38. The van der Waals surface area contributed by atoms with E-state index in [9.17, 15) is 22.8 Å². The van der Waals surface area contributed by atoms with Crippen LogP contribution in [0.1, 0.15) is 38.2 Å². The molecule has 2 fully saturated rings. The molecule has 168 valence electrons. The van der Waals surface area contributed by atoms with E-state index in [1.165, 1.54) is 4.90 Å². The van der Waals surface area contributed by atoms with Gasteiger partial charge in [0.25, 0.3) is 0 Å². The molecular formula is C21H26F3N5O2. The number of nitrogens with one attached hydrogen (secondary N) is 1. The van der Waals surface area contributed by atoms with E-state index in [1.54, 1.807) is 10.7 Å². The number of carbonyl (C=O) groups excluding carboxylic acids is 2. The number of amides is 3. The van der Waals surface area contributed by atoms with E-state index in [1.807, 2.05) is 30.2 Å². The van der Waals surface area contributed by atoms with Gasteiger partial charge in [0.05, 0.1) is 23.8 Å². The first kappa shape index (κ1) is 21.6. The van der Waals surface area contributed by atoms with Crippen molar-refractivity contribution in [2.75, 3.05) is 24.5 Å². The van der Waals surface area contributed by atoms with Gasteiger partial charge < -0.3 is 4.90 Å². The van der Waals surface area contributed by atoms with E-state index >= 15 is 0 Å². The number of fused-ring (bicyclic) bond motifs is 1. The van der Waals surface area contributed by atoms with Crippen LogP contribution >= 0.6 is 0 Å². The lowest BCUT2D eigenvalue weighted by atomic mass is 9.86. The number of nitrogens with zero attached hydrogens (tertiary/aromatic N) is 4. The SMILES string of the molecule is C[C@H]1C[C@H](Cc2ccn3ncc(N4CCC(=O)NC4=O)c3c2)CCN1CCC(F)(F)F. The van der Waals surface area contributed by atoms with Crippen LogP contribution < -0.4 is 10.2 Å². The molecule has 0 radical (unpaired) electrons. The number of aromatic nitrogens is 2. The van der Waals surface area contributed by atoms with Crippen molar-refractivity contribution < 1.29 is 22.8 Å². The minimum absolute atomic E-state index is 0.0585. The Bertz CT molecular complexity index is 974. The summed E-state index contributed by atoms with van der Waals surface area (Å²) in [6.45, 7) is 3.04. The number of carbonyl (C=O) groups is 2. The molecule has 7 nitrogen and oxygen atoms in total. The summed E-state index contributed by atoms with van der Waals surface area (Å²) >= 11 is 0. The summed E-state index contributed by atoms with van der Waals surface area (Å²) < 4.78 is 39.3. The van der Waals surface area contributed by atoms with Crippen LogP contribution in [0.15, 0.2) is 24.5 Å². The van der Waals surface area contributed by atoms with E-state index in [0.717, 1.165) is 30.3 Å². The van der Waals surface area contributed by atoms with Gasteiger partial charge >= 0.3 is 12.2 Å². The summed E-state index contributed by atoms with van der Waals surface area (Å²) in [5.74, 6) is 0.107. The zero-order valence-electron chi connectivity index (χ0n) is 17.4. The van der Waals surface area contributed by atoms with Crippen LogP contribution in [-0.2, 0) is 11.2 Å². The Balaban J connectivity index is 1.43. The quantitative estimate of drug-likeness (QED) is 0.779. The summed E-state index contributed by atoms with van der Waals surface area (Å²) in [7, 11) is 0. The van der Waals surface area contributed by atoms with Crippen LogP contribution in [0.3, 0.4) is 0 Å². The molecule has 0 aliphatic carbocycles. The maximum absolute atomic E-state index is 12.5. The maximum atomic E-state index is 12.5. The zero-order chi connectivity index (χ0) is 22.2. The fraction of sp³-hybridized carbons (Fsp3) is 0.571. The van der Waals surface area contributed by atoms with Crippen LogP contribution in [0.5, 0.6) is 0 Å². The average Bonchev–Trinajstić information content (AvgIpc) is 3.10. The molecule has 2 aromatic heterocycles. The molecule has 2 aliphatic heterocycles. The molecule has 0 bridgehead atoms. The second-order valence-corrected chi connectivity index (χ2v) is 8.49. The first-order valence-electron chi connectivity index (χ1n) is 10.6. The minimum atomic E-state index is -4.12. The lowest BCUT2D eigenvalue weighted by Crippen LogP contribution is -2.49. The third kappa shape index (κ3) is 5.00. The number of anilines is 1. The van der Waals surface area contributed by atoms with Gasteiger partial charge in [0, 0.05) is 31.7 Å². The third-order valence-corrected chi connectivity index (χ3v) is 6.24. The monoisotopic (exact) mass is 437 g/mol. The second-order valence-electron chi connectivity index (χ2n) is 8.49. The molecule has 2 aromatic rings. The van der Waals surface area contributed by atoms with Gasteiger partial charge in [0.2, 0.25) is 5.91 Å². The third-order valence-electron chi connectivity index (χ3n) is 6.24. The molecular weight excluding hydrogens is 411 g/mol. The predicted molar refractivity (Wildman–Crippen MR) is 109 cm³/mol. The summed E-state index contributed by atoms with van der Waals surface area (Å²) in [4.78, 5) is 27.1. The van der Waals surface area contributed by atoms with Gasteiger partial charge in [-0.3, -0.25) is 15.0 Å². The van der Waals surface area contributed by atoms with E-state index in [0.29, 0.717) is 24.7 Å². The number of urea groups is 1. The smallest absolute Gasteiger partial charge is 0.300 e. The van der Waals surface area contributed by atoms with Gasteiger partial charge in [-0.15, -0.1) is 0 Å². The Kier molecular flexibility index (Phi) is 5.92. The van der Waals surface area contributed by atoms with Crippen molar-refractivity contribution in [1.82, 2.24) is 19.8 Å². The van der Waals surface area contributed by atoms with Gasteiger partial charge in [0.15, 0.2) is 0 Å². The second kappa shape index (κ2) is 8.49. The summed E-state index contributed by atoms with van der Waals surface area (Å²) in [5.41, 5.74) is 2.54. The van der Waals surface area contributed by atoms with Crippen LogP contribution in [-0.4, -0.2) is 58.3 Å². The lowest BCUT2D eigenvalue weighted by Gasteiger charge is -2.38. The first-order chi connectivity index (χ1) is 14.7. The topological polar surface area (TPSA) is 70.0 Å². The number of halogens is 3. The Labute approximate surface area is 178 Å². The number of hydrogen-bond donors (Lipinski definition) is 1. The van der Waals surface area contributed by atoms with E-state index < -0.39 is 18.6 Å². The number of rotatable bonds is 5. The number of alkyl halides is 3. The van der Waals surface area contributed by atoms with Crippen LogP contribution in [0, 0.1) is 5.92 Å². The molecule has 4 rings (SSSR count). The highest BCUT2D eigenvalue weighted by molar-refractivity contribution is 6.07. The van der Waals surface area contributed by atoms with Crippen molar-refractivity contribution in [3.63, 3.8) is 0 Å². The zero-order valence-corrected chi connectivity index (χ0v) is 17.4. The normalized spacial score (nSPS) is 23.4. The van der Waals surface area contributed by atoms with Crippen molar-refractivity contribution >= 4 is 23.1 Å². The molecule has 3 amide bonds. The molecule has 10 heteroatoms. The van der Waals surface area contributed by atoms with Gasteiger partial charge in [-0.25, -0.2) is 9.31 Å². The molecule has 1 N–H and O–H groups in total. The number of piperidine rings is 1. The van der Waals surface area contributed by atoms with Crippen molar-refractivity contribution in [3.8, 4) is 0 Å². The van der Waals surface area contributed by atoms with Gasteiger partial charge in [-0.05, 0) is 56.3 Å². The van der Waals surface area contributed by atoms with Crippen LogP contribution in [0.25, 0.3) is 5.52 Å². The molecule has 2 atom stereocenters. The van der Waals surface area contributed by atoms with Crippen molar-refractivity contribution in [3.05, 3.63) is 30.1 Å². The Hall–Kier alpha value is -2.62. The largest absolute Gasteiger partial charge is 0.390 e. The van der Waals surface area contributed by atoms with Crippen molar-refractivity contribution in [2.24, 2.45) is 5.92 Å². The van der Waals surface area contributed by atoms with E-state index in [-0.39, 0.29) is 24.9 Å². The lowest BCUT2D eigenvalue weighted by molar-refractivity contribution is -0.140.